The Morgan fingerprint density at radius 3 is 2.15 bits per heavy atom. The monoisotopic (exact) mass is 298 g/mol. The Hall–Kier alpha value is -1.06. The molecule has 0 bridgehead atoms. The maximum absolute atomic E-state index is 11.9. The van der Waals surface area contributed by atoms with E-state index in [1.807, 2.05) is 13.0 Å². The van der Waals surface area contributed by atoms with Crippen molar-refractivity contribution in [1.29, 1.82) is 0 Å². The van der Waals surface area contributed by atoms with Crippen molar-refractivity contribution >= 4 is 17.6 Å². The largest absolute Gasteiger partial charge is 0.373 e. The molecule has 0 fully saturated rings. The molecule has 4 heteroatoms. The minimum atomic E-state index is -0.707. The van der Waals surface area contributed by atoms with Crippen LogP contribution in [0.25, 0.3) is 0 Å². The molecule has 0 spiro atoms. The first kappa shape index (κ1) is 17.0. The van der Waals surface area contributed by atoms with Crippen LogP contribution in [0.4, 0.5) is 0 Å². The lowest BCUT2D eigenvalue weighted by molar-refractivity contribution is -0.183. The highest BCUT2D eigenvalue weighted by molar-refractivity contribution is 6.32. The molecule has 112 valence electrons. The van der Waals surface area contributed by atoms with Crippen LogP contribution < -0.4 is 0 Å². The standard InChI is InChI=1S/C16H23ClO3/c1-4-7-11-10-12(8-5-2)15(17)13(9-6-3)14(11)16(18)20-19/h10,19H,4-9H2,1-3H3. The molecule has 0 aliphatic heterocycles. The maximum atomic E-state index is 11.9. The minimum absolute atomic E-state index is 0.445. The summed E-state index contributed by atoms with van der Waals surface area (Å²) in [5.74, 6) is -0.707. The molecule has 0 aliphatic rings. The van der Waals surface area contributed by atoms with E-state index in [2.05, 4.69) is 18.7 Å². The first-order chi connectivity index (χ1) is 9.60. The molecule has 0 atom stereocenters. The van der Waals surface area contributed by atoms with E-state index in [4.69, 9.17) is 16.9 Å². The molecule has 0 radical (unpaired) electrons. The molecule has 0 aliphatic carbocycles. The quantitative estimate of drug-likeness (QED) is 0.579. The number of carbonyl (C=O) groups excluding carboxylic acids is 1. The van der Waals surface area contributed by atoms with Gasteiger partial charge in [0.05, 0.1) is 5.56 Å². The third-order valence-corrected chi connectivity index (χ3v) is 3.81. The Kier molecular flexibility index (Phi) is 7.03. The Bertz CT molecular complexity index is 469. The van der Waals surface area contributed by atoms with Gasteiger partial charge >= 0.3 is 5.97 Å². The predicted molar refractivity (Wildman–Crippen MR) is 81.5 cm³/mol. The van der Waals surface area contributed by atoms with Crippen LogP contribution in [0.15, 0.2) is 6.07 Å². The van der Waals surface area contributed by atoms with Crippen LogP contribution in [0.2, 0.25) is 5.02 Å². The second kappa shape index (κ2) is 8.28. The molecule has 0 unspecified atom stereocenters. The molecular weight excluding hydrogens is 276 g/mol. The second-order valence-corrected chi connectivity index (χ2v) is 5.37. The highest BCUT2D eigenvalue weighted by Gasteiger charge is 2.22. The molecule has 1 aromatic carbocycles. The van der Waals surface area contributed by atoms with Gasteiger partial charge in [-0.3, -0.25) is 4.89 Å². The molecule has 0 saturated carbocycles. The third kappa shape index (κ3) is 3.74. The smallest absolute Gasteiger partial charge is 0.295 e. The number of halogens is 1. The highest BCUT2D eigenvalue weighted by Crippen LogP contribution is 2.31. The van der Waals surface area contributed by atoms with E-state index in [1.54, 1.807) is 0 Å². The lowest BCUT2D eigenvalue weighted by Crippen LogP contribution is -2.12. The summed E-state index contributed by atoms with van der Waals surface area (Å²) in [6, 6.07) is 1.99. The van der Waals surface area contributed by atoms with Gasteiger partial charge in [-0.05, 0) is 36.0 Å². The van der Waals surface area contributed by atoms with Gasteiger partial charge in [0.2, 0.25) is 0 Å². The Morgan fingerprint density at radius 1 is 1.10 bits per heavy atom. The molecule has 3 nitrogen and oxygen atoms in total. The van der Waals surface area contributed by atoms with Crippen molar-refractivity contribution in [3.8, 4) is 0 Å². The van der Waals surface area contributed by atoms with Crippen LogP contribution in [-0.2, 0) is 24.2 Å². The van der Waals surface area contributed by atoms with E-state index in [0.29, 0.717) is 17.0 Å². The van der Waals surface area contributed by atoms with E-state index in [-0.39, 0.29) is 0 Å². The fourth-order valence-corrected chi connectivity index (χ4v) is 2.88. The lowest BCUT2D eigenvalue weighted by atomic mass is 9.91. The van der Waals surface area contributed by atoms with Gasteiger partial charge in [0.15, 0.2) is 0 Å². The molecule has 20 heavy (non-hydrogen) atoms. The Balaban J connectivity index is 3.49. The second-order valence-electron chi connectivity index (χ2n) is 4.99. The van der Waals surface area contributed by atoms with E-state index >= 15 is 0 Å². The van der Waals surface area contributed by atoms with Crippen molar-refractivity contribution in [2.45, 2.75) is 59.3 Å². The third-order valence-electron chi connectivity index (χ3n) is 3.34. The minimum Gasteiger partial charge on any atom is -0.295 e. The normalized spacial score (nSPS) is 10.7. The Morgan fingerprint density at radius 2 is 1.65 bits per heavy atom. The van der Waals surface area contributed by atoms with Gasteiger partial charge in [0.25, 0.3) is 0 Å². The number of rotatable bonds is 7. The number of carbonyl (C=O) groups is 1. The van der Waals surface area contributed by atoms with Crippen LogP contribution in [0, 0.1) is 0 Å². The van der Waals surface area contributed by atoms with E-state index < -0.39 is 5.97 Å². The highest BCUT2D eigenvalue weighted by atomic mass is 35.5. The molecule has 1 rings (SSSR count). The van der Waals surface area contributed by atoms with Gasteiger partial charge in [0, 0.05) is 5.02 Å². The zero-order valence-electron chi connectivity index (χ0n) is 12.5. The fourth-order valence-electron chi connectivity index (χ4n) is 2.55. The average Bonchev–Trinajstić information content (AvgIpc) is 2.44. The maximum Gasteiger partial charge on any atom is 0.373 e. The number of benzene rings is 1. The average molecular weight is 299 g/mol. The van der Waals surface area contributed by atoms with Crippen LogP contribution in [-0.4, -0.2) is 11.2 Å². The van der Waals surface area contributed by atoms with Gasteiger partial charge in [-0.25, -0.2) is 4.79 Å². The summed E-state index contributed by atoms with van der Waals surface area (Å²) in [7, 11) is 0. The van der Waals surface area contributed by atoms with Crippen molar-refractivity contribution in [1.82, 2.24) is 0 Å². The molecule has 1 aromatic rings. The summed E-state index contributed by atoms with van der Waals surface area (Å²) in [5.41, 5.74) is 3.25. The van der Waals surface area contributed by atoms with Gasteiger partial charge < -0.3 is 0 Å². The molecular formula is C16H23ClO3. The van der Waals surface area contributed by atoms with Crippen LogP contribution in [0.1, 0.15) is 67.1 Å². The van der Waals surface area contributed by atoms with E-state index in [9.17, 15) is 4.79 Å². The van der Waals surface area contributed by atoms with Crippen LogP contribution in [0.5, 0.6) is 0 Å². The van der Waals surface area contributed by atoms with Crippen LogP contribution >= 0.6 is 11.6 Å². The summed E-state index contributed by atoms with van der Waals surface area (Å²) in [6.45, 7) is 6.20. The molecule has 0 saturated heterocycles. The first-order valence-corrected chi connectivity index (χ1v) is 7.67. The van der Waals surface area contributed by atoms with Gasteiger partial charge in [-0.2, -0.15) is 5.26 Å². The van der Waals surface area contributed by atoms with Gasteiger partial charge in [-0.15, -0.1) is 0 Å². The summed E-state index contributed by atoms with van der Waals surface area (Å²) >= 11 is 6.46. The topological polar surface area (TPSA) is 46.5 Å². The van der Waals surface area contributed by atoms with E-state index in [0.717, 1.165) is 48.8 Å². The summed E-state index contributed by atoms with van der Waals surface area (Å²) in [4.78, 5) is 15.9. The number of hydrogen-bond acceptors (Lipinski definition) is 3. The van der Waals surface area contributed by atoms with Crippen molar-refractivity contribution in [2.24, 2.45) is 0 Å². The molecule has 1 N–H and O–H groups in total. The molecule has 0 aromatic heterocycles. The van der Waals surface area contributed by atoms with Crippen molar-refractivity contribution in [3.05, 3.63) is 33.3 Å². The summed E-state index contributed by atoms with van der Waals surface area (Å²) in [6.07, 6.45) is 5.17. The molecule has 0 amide bonds. The first-order valence-electron chi connectivity index (χ1n) is 7.29. The lowest BCUT2D eigenvalue weighted by Gasteiger charge is -2.17. The summed E-state index contributed by atoms with van der Waals surface area (Å²) < 4.78 is 0. The zero-order chi connectivity index (χ0) is 15.1. The Labute approximate surface area is 125 Å². The fraction of sp³-hybridized carbons (Fsp3) is 0.562. The van der Waals surface area contributed by atoms with Gasteiger partial charge in [0.1, 0.15) is 0 Å². The van der Waals surface area contributed by atoms with Crippen molar-refractivity contribution < 1.29 is 14.9 Å². The number of hydrogen-bond donors (Lipinski definition) is 1. The van der Waals surface area contributed by atoms with Gasteiger partial charge in [-0.1, -0.05) is 57.7 Å². The number of aryl methyl sites for hydroxylation is 2. The van der Waals surface area contributed by atoms with Crippen molar-refractivity contribution in [2.75, 3.05) is 0 Å². The zero-order valence-corrected chi connectivity index (χ0v) is 13.2. The van der Waals surface area contributed by atoms with E-state index in [1.165, 1.54) is 0 Å². The summed E-state index contributed by atoms with van der Waals surface area (Å²) in [5, 5.41) is 9.39. The molecule has 0 heterocycles. The van der Waals surface area contributed by atoms with Crippen molar-refractivity contribution in [3.63, 3.8) is 0 Å². The van der Waals surface area contributed by atoms with Crippen LogP contribution in [0.3, 0.4) is 0 Å². The predicted octanol–water partition coefficient (Wildman–Crippen LogP) is 4.83. The SMILES string of the molecule is CCCc1cc(CCC)c(C(=O)OO)c(CCC)c1Cl.